The van der Waals surface area contributed by atoms with Crippen LogP contribution in [0.5, 0.6) is 5.75 Å². The Morgan fingerprint density at radius 3 is 2.48 bits per heavy atom. The van der Waals surface area contributed by atoms with Crippen molar-refractivity contribution in [1.29, 1.82) is 0 Å². The van der Waals surface area contributed by atoms with Crippen LogP contribution in [0, 0.1) is 11.6 Å². The lowest BCUT2D eigenvalue weighted by Gasteiger charge is -2.32. The lowest BCUT2D eigenvalue weighted by Crippen LogP contribution is -2.34. The fraction of sp³-hybridized carbons (Fsp3) is 0.368. The molecule has 0 saturated heterocycles. The maximum atomic E-state index is 13.5. The summed E-state index contributed by atoms with van der Waals surface area (Å²) in [6, 6.07) is 6.22. The molecule has 8 heteroatoms. The third-order valence-electron chi connectivity index (χ3n) is 4.95. The molecule has 1 atom stereocenters. The van der Waals surface area contributed by atoms with Gasteiger partial charge in [0, 0.05) is 11.6 Å². The summed E-state index contributed by atoms with van der Waals surface area (Å²) < 4.78 is 59.8. The first-order valence-corrected chi connectivity index (χ1v) is 10.0. The maximum absolute atomic E-state index is 13.5. The highest BCUT2D eigenvalue weighted by Gasteiger charge is 2.27. The Labute approximate surface area is 158 Å². The van der Waals surface area contributed by atoms with Gasteiger partial charge in [-0.1, -0.05) is 0 Å². The summed E-state index contributed by atoms with van der Waals surface area (Å²) in [4.78, 5) is 1.81. The van der Waals surface area contributed by atoms with Crippen LogP contribution in [0.3, 0.4) is 0 Å². The standard InChI is InChI=1S/C19H22F2N2O3S/c1-23(2)12-4-6-14-15(10-12)19(26-3)9-8-18(14)22-27(24,25)13-5-7-16(20)17(21)11-13/h5,7-9,11-12,22H,4,6,10H2,1-3H3/t12-/m0/s1. The molecule has 0 aliphatic heterocycles. The van der Waals surface area contributed by atoms with Crippen LogP contribution in [0.4, 0.5) is 14.5 Å². The van der Waals surface area contributed by atoms with Gasteiger partial charge in [0.05, 0.1) is 17.7 Å². The molecule has 0 bridgehead atoms. The first-order valence-electron chi connectivity index (χ1n) is 8.56. The van der Waals surface area contributed by atoms with Gasteiger partial charge in [0.2, 0.25) is 0 Å². The monoisotopic (exact) mass is 396 g/mol. The molecule has 0 saturated carbocycles. The number of ether oxygens (including phenoxy) is 1. The van der Waals surface area contributed by atoms with E-state index in [4.69, 9.17) is 4.74 Å². The summed E-state index contributed by atoms with van der Waals surface area (Å²) in [5, 5.41) is 0. The van der Waals surface area contributed by atoms with Crippen LogP contribution in [0.25, 0.3) is 0 Å². The van der Waals surface area contributed by atoms with Crippen LogP contribution in [0.15, 0.2) is 35.2 Å². The molecule has 1 aliphatic rings. The number of benzene rings is 2. The Hall–Kier alpha value is -2.19. The SMILES string of the molecule is COc1ccc(NS(=O)(=O)c2ccc(F)c(F)c2)c2c1C[C@@H](N(C)C)CC2. The largest absolute Gasteiger partial charge is 0.496 e. The van der Waals surface area contributed by atoms with E-state index in [2.05, 4.69) is 9.62 Å². The van der Waals surface area contributed by atoms with Gasteiger partial charge in [-0.2, -0.15) is 0 Å². The highest BCUT2D eigenvalue weighted by atomic mass is 32.2. The number of hydrogen-bond donors (Lipinski definition) is 1. The Balaban J connectivity index is 1.98. The Morgan fingerprint density at radius 1 is 1.11 bits per heavy atom. The summed E-state index contributed by atoms with van der Waals surface area (Å²) in [6.45, 7) is 0. The summed E-state index contributed by atoms with van der Waals surface area (Å²) in [5.41, 5.74) is 2.28. The van der Waals surface area contributed by atoms with Crippen molar-refractivity contribution in [2.45, 2.75) is 30.2 Å². The third kappa shape index (κ3) is 3.91. The Kier molecular flexibility index (Phi) is 5.39. The minimum Gasteiger partial charge on any atom is -0.496 e. The van der Waals surface area contributed by atoms with E-state index in [-0.39, 0.29) is 4.90 Å². The van der Waals surface area contributed by atoms with Crippen molar-refractivity contribution < 1.29 is 21.9 Å². The van der Waals surface area contributed by atoms with Gasteiger partial charge in [0.1, 0.15) is 5.75 Å². The van der Waals surface area contributed by atoms with Gasteiger partial charge in [-0.05, 0) is 69.3 Å². The first kappa shape index (κ1) is 19.6. The van der Waals surface area contributed by atoms with Crippen molar-refractivity contribution >= 4 is 15.7 Å². The number of sulfonamides is 1. The average Bonchev–Trinajstić information content (AvgIpc) is 2.63. The molecule has 2 aromatic carbocycles. The number of nitrogens with zero attached hydrogens (tertiary/aromatic N) is 1. The van der Waals surface area contributed by atoms with Crippen LogP contribution in [0.2, 0.25) is 0 Å². The number of rotatable bonds is 5. The van der Waals surface area contributed by atoms with E-state index in [0.29, 0.717) is 30.0 Å². The summed E-state index contributed by atoms with van der Waals surface area (Å²) >= 11 is 0. The Bertz CT molecular complexity index is 962. The van der Waals surface area contributed by atoms with Gasteiger partial charge in [-0.15, -0.1) is 0 Å². The molecule has 146 valence electrons. The molecular weight excluding hydrogens is 374 g/mol. The zero-order valence-electron chi connectivity index (χ0n) is 15.4. The van der Waals surface area contributed by atoms with E-state index in [9.17, 15) is 17.2 Å². The van der Waals surface area contributed by atoms with Crippen LogP contribution in [-0.2, 0) is 22.9 Å². The van der Waals surface area contributed by atoms with E-state index in [1.807, 2.05) is 14.1 Å². The lowest BCUT2D eigenvalue weighted by atomic mass is 9.86. The minimum atomic E-state index is -4.04. The highest BCUT2D eigenvalue weighted by Crippen LogP contribution is 2.36. The molecule has 0 spiro atoms. The molecule has 27 heavy (non-hydrogen) atoms. The zero-order valence-corrected chi connectivity index (χ0v) is 16.2. The summed E-state index contributed by atoms with van der Waals surface area (Å²) in [5.74, 6) is -1.58. The molecule has 2 aromatic rings. The van der Waals surface area contributed by atoms with Crippen LogP contribution in [-0.4, -0.2) is 40.6 Å². The number of anilines is 1. The predicted octanol–water partition coefficient (Wildman–Crippen LogP) is 3.19. The smallest absolute Gasteiger partial charge is 0.262 e. The predicted molar refractivity (Wildman–Crippen MR) is 99.7 cm³/mol. The van der Waals surface area contributed by atoms with E-state index in [0.717, 1.165) is 36.1 Å². The Morgan fingerprint density at radius 2 is 1.85 bits per heavy atom. The number of likely N-dealkylation sites (N-methyl/N-ethyl adjacent to an activating group) is 1. The normalized spacial score (nSPS) is 16.9. The van der Waals surface area contributed by atoms with Gasteiger partial charge in [-0.3, -0.25) is 4.72 Å². The second-order valence-corrected chi connectivity index (χ2v) is 8.50. The van der Waals surface area contributed by atoms with Gasteiger partial charge in [0.15, 0.2) is 11.6 Å². The minimum absolute atomic E-state index is 0.326. The van der Waals surface area contributed by atoms with E-state index in [1.165, 1.54) is 0 Å². The second kappa shape index (κ2) is 7.44. The van der Waals surface area contributed by atoms with E-state index >= 15 is 0 Å². The average molecular weight is 396 g/mol. The number of methoxy groups -OCH3 is 1. The van der Waals surface area contributed by atoms with Crippen molar-refractivity contribution in [3.8, 4) is 5.75 Å². The molecule has 5 nitrogen and oxygen atoms in total. The van der Waals surface area contributed by atoms with Gasteiger partial charge >= 0.3 is 0 Å². The fourth-order valence-corrected chi connectivity index (χ4v) is 4.51. The lowest BCUT2D eigenvalue weighted by molar-refractivity contribution is 0.265. The van der Waals surface area contributed by atoms with Crippen molar-refractivity contribution in [2.24, 2.45) is 0 Å². The van der Waals surface area contributed by atoms with Crippen LogP contribution in [0.1, 0.15) is 17.5 Å². The van der Waals surface area contributed by atoms with Crippen LogP contribution >= 0.6 is 0 Å². The van der Waals surface area contributed by atoms with Crippen molar-refractivity contribution in [2.75, 3.05) is 25.9 Å². The molecule has 0 aromatic heterocycles. The second-order valence-electron chi connectivity index (χ2n) is 6.81. The molecule has 1 N–H and O–H groups in total. The number of fused-ring (bicyclic) bond motifs is 1. The molecule has 3 rings (SSSR count). The van der Waals surface area contributed by atoms with Crippen molar-refractivity contribution in [3.05, 3.63) is 53.1 Å². The van der Waals surface area contributed by atoms with Crippen LogP contribution < -0.4 is 9.46 Å². The first-order chi connectivity index (χ1) is 12.7. The quantitative estimate of drug-likeness (QED) is 0.843. The molecule has 0 unspecified atom stereocenters. The zero-order chi connectivity index (χ0) is 19.8. The third-order valence-corrected chi connectivity index (χ3v) is 6.31. The topological polar surface area (TPSA) is 58.6 Å². The molecular formula is C19H22F2N2O3S. The van der Waals surface area contributed by atoms with E-state index in [1.54, 1.807) is 19.2 Å². The number of nitrogens with one attached hydrogen (secondary N) is 1. The fourth-order valence-electron chi connectivity index (χ4n) is 3.40. The van der Waals surface area contributed by atoms with E-state index < -0.39 is 21.7 Å². The van der Waals surface area contributed by atoms with Crippen molar-refractivity contribution in [1.82, 2.24) is 4.90 Å². The summed E-state index contributed by atoms with van der Waals surface area (Å²) in [6.07, 6.45) is 2.31. The highest BCUT2D eigenvalue weighted by molar-refractivity contribution is 7.92. The van der Waals surface area contributed by atoms with Gasteiger partial charge in [-0.25, -0.2) is 17.2 Å². The summed E-state index contributed by atoms with van der Waals surface area (Å²) in [7, 11) is 1.56. The number of halogens is 2. The van der Waals surface area contributed by atoms with Crippen molar-refractivity contribution in [3.63, 3.8) is 0 Å². The van der Waals surface area contributed by atoms with Gasteiger partial charge in [0.25, 0.3) is 10.0 Å². The molecule has 0 heterocycles. The molecule has 0 radical (unpaired) electrons. The van der Waals surface area contributed by atoms with Gasteiger partial charge < -0.3 is 9.64 Å². The molecule has 0 fully saturated rings. The maximum Gasteiger partial charge on any atom is 0.262 e. The number of hydrogen-bond acceptors (Lipinski definition) is 4. The molecule has 1 aliphatic carbocycles. The molecule has 0 amide bonds.